The summed E-state index contributed by atoms with van der Waals surface area (Å²) >= 11 is 0. The van der Waals surface area contributed by atoms with E-state index in [1.165, 1.54) is 31.2 Å². The maximum absolute atomic E-state index is 14.8. The summed E-state index contributed by atoms with van der Waals surface area (Å²) in [5, 5.41) is 6.96. The van der Waals surface area contributed by atoms with Gasteiger partial charge in [-0.3, -0.25) is 9.48 Å². The Balaban J connectivity index is 1.69. The van der Waals surface area contributed by atoms with Crippen molar-refractivity contribution in [2.24, 2.45) is 0 Å². The number of hydrogen-bond donors (Lipinski definition) is 1. The van der Waals surface area contributed by atoms with E-state index in [2.05, 4.69) is 22.0 Å². The first kappa shape index (κ1) is 21.9. The molecule has 0 fully saturated rings. The molecule has 0 unspecified atom stereocenters. The topological polar surface area (TPSA) is 78.3 Å². The Morgan fingerprint density at radius 1 is 1.12 bits per heavy atom. The smallest absolute Gasteiger partial charge is 0.247 e. The lowest BCUT2D eigenvalue weighted by Gasteiger charge is -2.13. The normalized spacial score (nSPS) is 10.8. The van der Waals surface area contributed by atoms with Crippen molar-refractivity contribution >= 4 is 22.6 Å². The van der Waals surface area contributed by atoms with Gasteiger partial charge < -0.3 is 14.8 Å². The molecular weight excluding hydrogens is 430 g/mol. The summed E-state index contributed by atoms with van der Waals surface area (Å²) in [5.74, 6) is -2.19. The third kappa shape index (κ3) is 4.25. The highest BCUT2D eigenvalue weighted by Gasteiger charge is 2.21. The fourth-order valence-corrected chi connectivity index (χ4v) is 3.43. The number of benzene rings is 2. The first-order chi connectivity index (χ1) is 15.9. The molecule has 168 valence electrons. The van der Waals surface area contributed by atoms with Crippen LogP contribution in [0.1, 0.15) is 5.56 Å². The third-order valence-corrected chi connectivity index (χ3v) is 5.08. The molecular formula is C24H20F2N4O3. The van der Waals surface area contributed by atoms with Crippen LogP contribution in [0.5, 0.6) is 11.5 Å². The molecule has 0 aliphatic rings. The molecule has 2 aromatic carbocycles. The maximum atomic E-state index is 14.8. The van der Waals surface area contributed by atoms with E-state index in [1.54, 1.807) is 30.3 Å². The number of pyridine rings is 1. The van der Waals surface area contributed by atoms with Crippen LogP contribution in [0, 0.1) is 11.6 Å². The zero-order valence-corrected chi connectivity index (χ0v) is 17.9. The first-order valence-electron chi connectivity index (χ1n) is 9.90. The van der Waals surface area contributed by atoms with Gasteiger partial charge in [0.2, 0.25) is 5.91 Å². The van der Waals surface area contributed by atoms with E-state index < -0.39 is 11.6 Å². The molecule has 4 rings (SSSR count). The molecule has 0 aliphatic carbocycles. The lowest BCUT2D eigenvalue weighted by atomic mass is 10.1. The molecule has 0 bridgehead atoms. The van der Waals surface area contributed by atoms with Crippen LogP contribution in [0.25, 0.3) is 22.3 Å². The monoisotopic (exact) mass is 450 g/mol. The minimum Gasteiger partial charge on any atom is -0.494 e. The van der Waals surface area contributed by atoms with Crippen molar-refractivity contribution in [1.29, 1.82) is 0 Å². The molecule has 0 saturated heterocycles. The largest absolute Gasteiger partial charge is 0.494 e. The number of halogens is 2. The summed E-state index contributed by atoms with van der Waals surface area (Å²) in [4.78, 5) is 16.2. The highest BCUT2D eigenvalue weighted by molar-refractivity contribution is 5.99. The average Bonchev–Trinajstić information content (AvgIpc) is 3.24. The van der Waals surface area contributed by atoms with Crippen LogP contribution in [-0.2, 0) is 11.3 Å². The van der Waals surface area contributed by atoms with Crippen LogP contribution >= 0.6 is 0 Å². The highest BCUT2D eigenvalue weighted by Crippen LogP contribution is 2.32. The summed E-state index contributed by atoms with van der Waals surface area (Å²) < 4.78 is 41.0. The quantitative estimate of drug-likeness (QED) is 0.418. The minimum atomic E-state index is -0.817. The Bertz CT molecular complexity index is 1340. The molecule has 33 heavy (non-hydrogen) atoms. The molecule has 4 aromatic rings. The Morgan fingerprint density at radius 2 is 1.85 bits per heavy atom. The van der Waals surface area contributed by atoms with Crippen molar-refractivity contribution in [2.75, 3.05) is 19.5 Å². The second kappa shape index (κ2) is 9.07. The number of methoxy groups -OCH3 is 2. The fraction of sp³-hybridized carbons (Fsp3) is 0.125. The molecule has 1 N–H and O–H groups in total. The van der Waals surface area contributed by atoms with Gasteiger partial charge in [0.05, 0.1) is 43.7 Å². The van der Waals surface area contributed by atoms with Gasteiger partial charge in [0, 0.05) is 17.3 Å². The van der Waals surface area contributed by atoms with E-state index in [0.29, 0.717) is 22.4 Å². The molecule has 0 saturated carbocycles. The SMILES string of the molecule is C=CC(=O)Nc1cccc(-c2ccc3c(cnn3Cc3c(F)c(OC)cc(OC)c3F)n2)c1. The van der Waals surface area contributed by atoms with Gasteiger partial charge in [0.1, 0.15) is 5.52 Å². The van der Waals surface area contributed by atoms with Gasteiger partial charge in [-0.05, 0) is 30.3 Å². The van der Waals surface area contributed by atoms with Crippen molar-refractivity contribution in [3.63, 3.8) is 0 Å². The lowest BCUT2D eigenvalue weighted by molar-refractivity contribution is -0.111. The number of amides is 1. The zero-order chi connectivity index (χ0) is 23.5. The Morgan fingerprint density at radius 3 is 2.52 bits per heavy atom. The van der Waals surface area contributed by atoms with Crippen LogP contribution in [0.15, 0.2) is 61.3 Å². The van der Waals surface area contributed by atoms with Crippen molar-refractivity contribution in [1.82, 2.24) is 14.8 Å². The van der Waals surface area contributed by atoms with Gasteiger partial charge in [-0.25, -0.2) is 13.8 Å². The van der Waals surface area contributed by atoms with Gasteiger partial charge >= 0.3 is 0 Å². The van der Waals surface area contributed by atoms with Crippen molar-refractivity contribution in [3.05, 3.63) is 78.5 Å². The average molecular weight is 450 g/mol. The molecule has 0 spiro atoms. The number of hydrogen-bond acceptors (Lipinski definition) is 5. The Labute approximate surface area is 188 Å². The van der Waals surface area contributed by atoms with Crippen molar-refractivity contribution in [2.45, 2.75) is 6.54 Å². The van der Waals surface area contributed by atoms with E-state index >= 15 is 0 Å². The summed E-state index contributed by atoms with van der Waals surface area (Å²) in [7, 11) is 2.60. The van der Waals surface area contributed by atoms with Crippen LogP contribution in [0.2, 0.25) is 0 Å². The first-order valence-corrected chi connectivity index (χ1v) is 9.90. The third-order valence-electron chi connectivity index (χ3n) is 5.08. The Kier molecular flexibility index (Phi) is 6.03. The summed E-state index contributed by atoms with van der Waals surface area (Å²) in [6.07, 6.45) is 2.71. The number of aromatic nitrogens is 3. The number of anilines is 1. The number of nitrogens with one attached hydrogen (secondary N) is 1. The second-order valence-electron chi connectivity index (χ2n) is 7.06. The van der Waals surface area contributed by atoms with Gasteiger partial charge in [0.25, 0.3) is 0 Å². The number of carbonyl (C=O) groups excluding carboxylic acids is 1. The molecule has 9 heteroatoms. The van der Waals surface area contributed by atoms with Gasteiger partial charge in [-0.15, -0.1) is 0 Å². The van der Waals surface area contributed by atoms with Gasteiger partial charge in [-0.1, -0.05) is 18.7 Å². The molecule has 0 radical (unpaired) electrons. The van der Waals surface area contributed by atoms with E-state index in [1.807, 2.05) is 6.07 Å². The molecule has 2 aromatic heterocycles. The molecule has 0 aliphatic heterocycles. The van der Waals surface area contributed by atoms with Gasteiger partial charge in [0.15, 0.2) is 23.1 Å². The Hall–Kier alpha value is -4.27. The van der Waals surface area contributed by atoms with Crippen LogP contribution < -0.4 is 14.8 Å². The summed E-state index contributed by atoms with van der Waals surface area (Å²) in [5.41, 5.74) is 2.94. The predicted octanol–water partition coefficient (Wildman–Crippen LogP) is 4.57. The summed E-state index contributed by atoms with van der Waals surface area (Å²) in [6, 6.07) is 11.9. The fourth-order valence-electron chi connectivity index (χ4n) is 3.43. The van der Waals surface area contributed by atoms with Crippen LogP contribution in [0.3, 0.4) is 0 Å². The summed E-state index contributed by atoms with van der Waals surface area (Å²) in [6.45, 7) is 3.26. The van der Waals surface area contributed by atoms with Crippen LogP contribution in [0.4, 0.5) is 14.5 Å². The number of fused-ring (bicyclic) bond motifs is 1. The lowest BCUT2D eigenvalue weighted by Crippen LogP contribution is -2.09. The molecule has 7 nitrogen and oxygen atoms in total. The second-order valence-corrected chi connectivity index (χ2v) is 7.06. The molecule has 2 heterocycles. The van der Waals surface area contributed by atoms with E-state index in [-0.39, 0.29) is 29.5 Å². The minimum absolute atomic E-state index is 0.122. The van der Waals surface area contributed by atoms with E-state index in [9.17, 15) is 13.6 Å². The van der Waals surface area contributed by atoms with E-state index in [0.717, 1.165) is 11.6 Å². The number of ether oxygens (including phenoxy) is 2. The van der Waals surface area contributed by atoms with Crippen molar-refractivity contribution < 1.29 is 23.0 Å². The number of carbonyl (C=O) groups is 1. The highest BCUT2D eigenvalue weighted by atomic mass is 19.1. The number of rotatable bonds is 7. The van der Waals surface area contributed by atoms with E-state index in [4.69, 9.17) is 9.47 Å². The number of nitrogens with zero attached hydrogens (tertiary/aromatic N) is 3. The maximum Gasteiger partial charge on any atom is 0.247 e. The molecule has 1 amide bonds. The standard InChI is InChI=1S/C24H20F2N4O3/c1-4-22(31)28-15-7-5-6-14(10-15)17-8-9-19-18(29-17)12-27-30(19)13-16-23(25)20(32-2)11-21(33-3)24(16)26/h4-12H,1,13H2,2-3H3,(H,28,31). The van der Waals surface area contributed by atoms with Crippen LogP contribution in [-0.4, -0.2) is 34.9 Å². The van der Waals surface area contributed by atoms with Crippen molar-refractivity contribution in [3.8, 4) is 22.8 Å². The van der Waals surface area contributed by atoms with Gasteiger partial charge in [-0.2, -0.15) is 5.10 Å². The zero-order valence-electron chi connectivity index (χ0n) is 17.9. The predicted molar refractivity (Wildman–Crippen MR) is 120 cm³/mol. The molecule has 0 atom stereocenters.